The van der Waals surface area contributed by atoms with E-state index in [1.807, 2.05) is 0 Å². The molecule has 1 aromatic heterocycles. The Kier molecular flexibility index (Phi) is 3.05. The van der Waals surface area contributed by atoms with E-state index >= 15 is 0 Å². The fraction of sp³-hybridized carbons (Fsp3) is 0.500. The Balaban J connectivity index is 2.35. The van der Waals surface area contributed by atoms with Gasteiger partial charge in [0.05, 0.1) is 6.10 Å². The molecule has 1 saturated heterocycles. The molecule has 0 aromatic carbocycles. The third kappa shape index (κ3) is 2.07. The molecule has 0 aliphatic carbocycles. The van der Waals surface area contributed by atoms with E-state index in [-0.39, 0.29) is 6.42 Å². The van der Waals surface area contributed by atoms with Crippen LogP contribution in [0.15, 0.2) is 15.8 Å². The number of carbonyl (C=O) groups is 1. The standard InChI is InChI=1S/C10H12N2O6/c1-4-3-12(10(17)11-8(4)14)6-2-5(13)7(18-6)9(15)16/h3,5-7,13H,2H2,1H3,(H,15,16)(H,11,14,17)/t5?,6-,7+/m1/s1. The lowest BCUT2D eigenvalue weighted by atomic mass is 10.2. The van der Waals surface area contributed by atoms with Crippen LogP contribution in [0.4, 0.5) is 0 Å². The molecule has 0 bridgehead atoms. The van der Waals surface area contributed by atoms with E-state index < -0.39 is 35.7 Å². The van der Waals surface area contributed by atoms with Gasteiger partial charge in [0.25, 0.3) is 5.56 Å². The first kappa shape index (κ1) is 12.5. The number of aromatic amines is 1. The SMILES string of the molecule is Cc1cn([C@H]2CC(O)[C@@H](C(=O)O)O2)c(=O)[nH]c1=O. The summed E-state index contributed by atoms with van der Waals surface area (Å²) in [5, 5.41) is 18.3. The number of ether oxygens (including phenoxy) is 1. The van der Waals surface area contributed by atoms with Gasteiger partial charge in [-0.15, -0.1) is 0 Å². The van der Waals surface area contributed by atoms with Gasteiger partial charge in [0.2, 0.25) is 0 Å². The van der Waals surface area contributed by atoms with Gasteiger partial charge >= 0.3 is 11.7 Å². The highest BCUT2D eigenvalue weighted by atomic mass is 16.6. The molecule has 8 nitrogen and oxygen atoms in total. The first-order chi connectivity index (χ1) is 8.40. The monoisotopic (exact) mass is 256 g/mol. The zero-order chi connectivity index (χ0) is 13.4. The number of aryl methyl sites for hydroxylation is 1. The Morgan fingerprint density at radius 3 is 2.78 bits per heavy atom. The lowest BCUT2D eigenvalue weighted by molar-refractivity contribution is -0.155. The summed E-state index contributed by atoms with van der Waals surface area (Å²) in [6.45, 7) is 1.51. The lowest BCUT2D eigenvalue weighted by Crippen LogP contribution is -2.34. The van der Waals surface area contributed by atoms with Crippen molar-refractivity contribution in [3.05, 3.63) is 32.6 Å². The molecule has 0 spiro atoms. The molecule has 1 unspecified atom stereocenters. The van der Waals surface area contributed by atoms with Crippen LogP contribution in [-0.2, 0) is 9.53 Å². The Labute approximate surface area is 100 Å². The van der Waals surface area contributed by atoms with Gasteiger partial charge in [-0.25, -0.2) is 9.59 Å². The quantitative estimate of drug-likeness (QED) is 0.597. The highest BCUT2D eigenvalue weighted by Crippen LogP contribution is 2.27. The smallest absolute Gasteiger partial charge is 0.335 e. The van der Waals surface area contributed by atoms with Gasteiger partial charge in [-0.2, -0.15) is 0 Å². The molecule has 2 rings (SSSR count). The zero-order valence-corrected chi connectivity index (χ0v) is 9.49. The van der Waals surface area contributed by atoms with E-state index in [1.54, 1.807) is 0 Å². The number of H-pyrrole nitrogens is 1. The molecule has 2 heterocycles. The summed E-state index contributed by atoms with van der Waals surface area (Å²) >= 11 is 0. The second kappa shape index (κ2) is 4.39. The number of rotatable bonds is 2. The third-order valence-corrected chi connectivity index (χ3v) is 2.80. The van der Waals surface area contributed by atoms with Crippen LogP contribution in [0.3, 0.4) is 0 Å². The average molecular weight is 256 g/mol. The first-order valence-corrected chi connectivity index (χ1v) is 5.28. The fourth-order valence-corrected chi connectivity index (χ4v) is 1.85. The Hall–Kier alpha value is -1.93. The van der Waals surface area contributed by atoms with Crippen molar-refractivity contribution in [1.29, 1.82) is 0 Å². The second-order valence-electron chi connectivity index (χ2n) is 4.13. The molecule has 0 saturated carbocycles. The second-order valence-corrected chi connectivity index (χ2v) is 4.13. The summed E-state index contributed by atoms with van der Waals surface area (Å²) in [4.78, 5) is 35.6. The minimum absolute atomic E-state index is 0.0254. The first-order valence-electron chi connectivity index (χ1n) is 5.28. The summed E-state index contributed by atoms with van der Waals surface area (Å²) in [6, 6.07) is 0. The highest BCUT2D eigenvalue weighted by Gasteiger charge is 2.40. The topological polar surface area (TPSA) is 122 Å². The number of hydrogen-bond acceptors (Lipinski definition) is 5. The number of aliphatic carboxylic acids is 1. The number of aromatic nitrogens is 2. The minimum atomic E-state index is -1.37. The van der Waals surface area contributed by atoms with Gasteiger partial charge < -0.3 is 14.9 Å². The van der Waals surface area contributed by atoms with Crippen molar-refractivity contribution in [1.82, 2.24) is 9.55 Å². The molecule has 0 radical (unpaired) electrons. The van der Waals surface area contributed by atoms with Gasteiger partial charge in [0, 0.05) is 18.2 Å². The molecule has 3 N–H and O–H groups in total. The summed E-state index contributed by atoms with van der Waals surface area (Å²) in [5.74, 6) is -1.29. The number of aliphatic hydroxyl groups is 1. The maximum atomic E-state index is 11.6. The van der Waals surface area contributed by atoms with Crippen LogP contribution in [0.5, 0.6) is 0 Å². The van der Waals surface area contributed by atoms with Gasteiger partial charge in [-0.05, 0) is 6.92 Å². The summed E-state index contributed by atoms with van der Waals surface area (Å²) in [7, 11) is 0. The van der Waals surface area contributed by atoms with Crippen molar-refractivity contribution in [2.24, 2.45) is 0 Å². The van der Waals surface area contributed by atoms with Gasteiger partial charge in [-0.3, -0.25) is 14.3 Å². The third-order valence-electron chi connectivity index (χ3n) is 2.80. The van der Waals surface area contributed by atoms with E-state index in [2.05, 4.69) is 4.98 Å². The van der Waals surface area contributed by atoms with Crippen LogP contribution < -0.4 is 11.2 Å². The Morgan fingerprint density at radius 1 is 1.56 bits per heavy atom. The largest absolute Gasteiger partial charge is 0.479 e. The molecular weight excluding hydrogens is 244 g/mol. The van der Waals surface area contributed by atoms with Gasteiger partial charge in [0.15, 0.2) is 6.10 Å². The van der Waals surface area contributed by atoms with E-state index in [9.17, 15) is 19.5 Å². The van der Waals surface area contributed by atoms with E-state index in [4.69, 9.17) is 9.84 Å². The van der Waals surface area contributed by atoms with E-state index in [1.165, 1.54) is 13.1 Å². The number of nitrogens with one attached hydrogen (secondary N) is 1. The van der Waals surface area contributed by atoms with Crippen molar-refractivity contribution in [3.63, 3.8) is 0 Å². The zero-order valence-electron chi connectivity index (χ0n) is 9.49. The van der Waals surface area contributed by atoms with Crippen LogP contribution in [-0.4, -0.2) is 37.9 Å². The predicted molar refractivity (Wildman–Crippen MR) is 58.2 cm³/mol. The molecule has 1 fully saturated rings. The molecule has 0 amide bonds. The van der Waals surface area contributed by atoms with Crippen molar-refractivity contribution >= 4 is 5.97 Å². The molecule has 1 aromatic rings. The van der Waals surface area contributed by atoms with E-state index in [0.717, 1.165) is 4.57 Å². The van der Waals surface area contributed by atoms with Crippen molar-refractivity contribution in [2.45, 2.75) is 31.8 Å². The Morgan fingerprint density at radius 2 is 2.22 bits per heavy atom. The molecule has 1 aliphatic rings. The average Bonchev–Trinajstić information content (AvgIpc) is 2.65. The molecule has 8 heteroatoms. The van der Waals surface area contributed by atoms with Crippen LogP contribution in [0, 0.1) is 6.92 Å². The minimum Gasteiger partial charge on any atom is -0.479 e. The summed E-state index contributed by atoms with van der Waals surface area (Å²) in [5.41, 5.74) is -0.912. The van der Waals surface area contributed by atoms with Crippen LogP contribution in [0.1, 0.15) is 18.2 Å². The Bertz CT molecular complexity index is 589. The number of carboxylic acid groups (broad SMARTS) is 1. The molecule has 3 atom stereocenters. The predicted octanol–water partition coefficient (Wildman–Crippen LogP) is -1.42. The van der Waals surface area contributed by atoms with Gasteiger partial charge in [0.1, 0.15) is 6.23 Å². The summed E-state index contributed by atoms with van der Waals surface area (Å²) in [6.07, 6.45) is -2.20. The van der Waals surface area contributed by atoms with Crippen molar-refractivity contribution in [3.8, 4) is 0 Å². The van der Waals surface area contributed by atoms with Crippen LogP contribution in [0.25, 0.3) is 0 Å². The van der Waals surface area contributed by atoms with Gasteiger partial charge in [-0.1, -0.05) is 0 Å². The lowest BCUT2D eigenvalue weighted by Gasteiger charge is -2.13. The fourth-order valence-electron chi connectivity index (χ4n) is 1.85. The number of aliphatic hydroxyl groups excluding tert-OH is 1. The normalized spacial score (nSPS) is 27.3. The molecule has 1 aliphatic heterocycles. The molecule has 18 heavy (non-hydrogen) atoms. The summed E-state index contributed by atoms with van der Waals surface area (Å²) < 4.78 is 6.16. The highest BCUT2D eigenvalue weighted by molar-refractivity contribution is 5.73. The number of hydrogen-bond donors (Lipinski definition) is 3. The van der Waals surface area contributed by atoms with Crippen molar-refractivity contribution in [2.75, 3.05) is 0 Å². The molecule has 98 valence electrons. The van der Waals surface area contributed by atoms with E-state index in [0.29, 0.717) is 5.56 Å². The maximum absolute atomic E-state index is 11.6. The molecular formula is C10H12N2O6. The van der Waals surface area contributed by atoms with Crippen molar-refractivity contribution < 1.29 is 19.7 Å². The maximum Gasteiger partial charge on any atom is 0.335 e. The van der Waals surface area contributed by atoms with Crippen LogP contribution in [0.2, 0.25) is 0 Å². The van der Waals surface area contributed by atoms with Crippen LogP contribution >= 0.6 is 0 Å². The number of nitrogens with zero attached hydrogens (tertiary/aromatic N) is 1. The number of carboxylic acids is 1.